The summed E-state index contributed by atoms with van der Waals surface area (Å²) in [7, 11) is 0. The maximum Gasteiger partial charge on any atom is 0.272 e. The second kappa shape index (κ2) is 7.43. The van der Waals surface area contributed by atoms with Crippen molar-refractivity contribution in [1.29, 1.82) is 0 Å². The van der Waals surface area contributed by atoms with Gasteiger partial charge in [0.15, 0.2) is 11.5 Å². The first-order valence-corrected chi connectivity index (χ1v) is 8.49. The van der Waals surface area contributed by atoms with E-state index < -0.39 is 5.54 Å². The minimum Gasteiger partial charge on any atom is -0.350 e. The number of nitrogens with one attached hydrogen (secondary N) is 2. The number of amides is 1. The minimum atomic E-state index is -0.459. The van der Waals surface area contributed by atoms with Gasteiger partial charge in [0.1, 0.15) is 0 Å². The van der Waals surface area contributed by atoms with Gasteiger partial charge in [-0.05, 0) is 18.9 Å². The number of nitrogens with two attached hydrogens (primary N) is 1. The lowest BCUT2D eigenvalue weighted by Gasteiger charge is -2.17. The molecule has 8 nitrogen and oxygen atoms in total. The first kappa shape index (κ1) is 18.3. The molecule has 1 aliphatic carbocycles. The van der Waals surface area contributed by atoms with Gasteiger partial charge in [-0.25, -0.2) is 0 Å². The summed E-state index contributed by atoms with van der Waals surface area (Å²) in [4.78, 5) is 16.7. The summed E-state index contributed by atoms with van der Waals surface area (Å²) in [5, 5.41) is 14.6. The molecule has 138 valence electrons. The highest BCUT2D eigenvalue weighted by molar-refractivity contribution is 6.04. The van der Waals surface area contributed by atoms with E-state index in [1.807, 2.05) is 24.3 Å². The average molecular weight is 377 g/mol. The Balaban J connectivity index is 0.00000196. The van der Waals surface area contributed by atoms with E-state index in [1.165, 1.54) is 0 Å². The number of hydrogen-bond acceptors (Lipinski definition) is 6. The third kappa shape index (κ3) is 3.42. The predicted molar refractivity (Wildman–Crippen MR) is 98.0 cm³/mol. The zero-order valence-corrected chi connectivity index (χ0v) is 15.0. The largest absolute Gasteiger partial charge is 0.350 e. The Morgan fingerprint density at radius 2 is 2.08 bits per heavy atom. The van der Waals surface area contributed by atoms with Crippen LogP contribution >= 0.6 is 12.4 Å². The molecule has 1 fully saturated rings. The summed E-state index contributed by atoms with van der Waals surface area (Å²) in [6.45, 7) is 0.388. The fourth-order valence-corrected chi connectivity index (χ4v) is 3.29. The topological polar surface area (TPSA) is 123 Å². The van der Waals surface area contributed by atoms with E-state index in [9.17, 15) is 4.79 Å². The SMILES string of the molecule is Cl.NC1(c2noc(CCNC(=O)c3n[nH]c4ccccc34)n2)CCCC1. The Kier molecular flexibility index (Phi) is 5.24. The molecule has 0 bridgehead atoms. The van der Waals surface area contributed by atoms with Crippen molar-refractivity contribution >= 4 is 29.2 Å². The number of halogens is 1. The standard InChI is InChI=1S/C17H20N6O2.ClH/c18-17(8-3-4-9-17)16-20-13(25-23-16)7-10-19-15(24)14-11-5-1-2-6-12(11)21-22-14;/h1-2,5-6H,3-4,7-10,18H2,(H,19,24)(H,21,22);1H. The molecule has 2 heterocycles. The molecular weight excluding hydrogens is 356 g/mol. The molecule has 1 aromatic carbocycles. The number of fused-ring (bicyclic) bond motifs is 1. The van der Waals surface area contributed by atoms with Crippen LogP contribution in [-0.4, -0.2) is 32.8 Å². The van der Waals surface area contributed by atoms with Gasteiger partial charge in [0.05, 0.1) is 11.1 Å². The fraction of sp³-hybridized carbons (Fsp3) is 0.412. The number of H-pyrrole nitrogens is 1. The zero-order valence-electron chi connectivity index (χ0n) is 14.2. The number of carbonyl (C=O) groups is 1. The lowest BCUT2D eigenvalue weighted by molar-refractivity contribution is 0.0950. The van der Waals surface area contributed by atoms with Gasteiger partial charge in [-0.3, -0.25) is 9.89 Å². The van der Waals surface area contributed by atoms with E-state index in [1.54, 1.807) is 0 Å². The zero-order chi connectivity index (χ0) is 17.3. The third-order valence-corrected chi connectivity index (χ3v) is 4.72. The van der Waals surface area contributed by atoms with Crippen LogP contribution in [0.3, 0.4) is 0 Å². The predicted octanol–water partition coefficient (Wildman–Crippen LogP) is 2.07. The normalized spacial score (nSPS) is 15.7. The molecule has 4 N–H and O–H groups in total. The van der Waals surface area contributed by atoms with Crippen LogP contribution in [0, 0.1) is 0 Å². The average Bonchev–Trinajstić information content (AvgIpc) is 3.34. The third-order valence-electron chi connectivity index (χ3n) is 4.72. The van der Waals surface area contributed by atoms with Crippen molar-refractivity contribution in [1.82, 2.24) is 25.7 Å². The second-order valence-corrected chi connectivity index (χ2v) is 6.50. The Labute approximate surface area is 156 Å². The molecule has 2 aromatic heterocycles. The van der Waals surface area contributed by atoms with Crippen LogP contribution in [-0.2, 0) is 12.0 Å². The van der Waals surface area contributed by atoms with Crippen molar-refractivity contribution in [2.24, 2.45) is 5.73 Å². The number of para-hydroxylation sites is 1. The quantitative estimate of drug-likeness (QED) is 0.626. The summed E-state index contributed by atoms with van der Waals surface area (Å²) in [5.74, 6) is 0.826. The molecule has 4 rings (SSSR count). The molecule has 9 heteroatoms. The van der Waals surface area contributed by atoms with Crippen molar-refractivity contribution in [2.45, 2.75) is 37.6 Å². The Morgan fingerprint density at radius 3 is 2.88 bits per heavy atom. The summed E-state index contributed by atoms with van der Waals surface area (Å²) in [6, 6.07) is 7.51. The summed E-state index contributed by atoms with van der Waals surface area (Å²) in [5.41, 5.74) is 7.08. The van der Waals surface area contributed by atoms with E-state index >= 15 is 0 Å². The van der Waals surface area contributed by atoms with Crippen LogP contribution in [0.25, 0.3) is 10.9 Å². The number of rotatable bonds is 5. The van der Waals surface area contributed by atoms with Gasteiger partial charge < -0.3 is 15.6 Å². The van der Waals surface area contributed by atoms with E-state index in [2.05, 4.69) is 25.7 Å². The molecule has 0 radical (unpaired) electrons. The first-order chi connectivity index (χ1) is 12.2. The molecule has 0 spiro atoms. The Bertz CT molecular complexity index is 899. The van der Waals surface area contributed by atoms with E-state index in [0.29, 0.717) is 30.4 Å². The maximum absolute atomic E-state index is 12.3. The summed E-state index contributed by atoms with van der Waals surface area (Å²) < 4.78 is 5.27. The number of hydrogen-bond donors (Lipinski definition) is 3. The van der Waals surface area contributed by atoms with Gasteiger partial charge in [0.25, 0.3) is 5.91 Å². The molecule has 0 unspecified atom stereocenters. The molecule has 1 saturated carbocycles. The highest BCUT2D eigenvalue weighted by atomic mass is 35.5. The number of aromatic nitrogens is 4. The van der Waals surface area contributed by atoms with Crippen LogP contribution in [0.15, 0.2) is 28.8 Å². The molecule has 3 aromatic rings. The number of aromatic amines is 1. The highest BCUT2D eigenvalue weighted by Gasteiger charge is 2.35. The molecule has 0 saturated heterocycles. The van der Waals surface area contributed by atoms with Crippen molar-refractivity contribution in [3.8, 4) is 0 Å². The van der Waals surface area contributed by atoms with Crippen molar-refractivity contribution in [2.75, 3.05) is 6.54 Å². The second-order valence-electron chi connectivity index (χ2n) is 6.50. The summed E-state index contributed by atoms with van der Waals surface area (Å²) in [6.07, 6.45) is 4.41. The maximum atomic E-state index is 12.3. The monoisotopic (exact) mass is 376 g/mol. The van der Waals surface area contributed by atoms with Gasteiger partial charge in [-0.15, -0.1) is 12.4 Å². The first-order valence-electron chi connectivity index (χ1n) is 8.49. The van der Waals surface area contributed by atoms with E-state index in [4.69, 9.17) is 10.3 Å². The van der Waals surface area contributed by atoms with Crippen molar-refractivity contribution in [3.63, 3.8) is 0 Å². The molecular formula is C17H21ClN6O2. The summed E-state index contributed by atoms with van der Waals surface area (Å²) >= 11 is 0. The Morgan fingerprint density at radius 1 is 1.31 bits per heavy atom. The van der Waals surface area contributed by atoms with Gasteiger partial charge in [0.2, 0.25) is 5.89 Å². The molecule has 1 aliphatic rings. The van der Waals surface area contributed by atoms with Crippen molar-refractivity contribution in [3.05, 3.63) is 41.7 Å². The van der Waals surface area contributed by atoms with Gasteiger partial charge in [-0.1, -0.05) is 36.2 Å². The number of benzene rings is 1. The van der Waals surface area contributed by atoms with Crippen LogP contribution in [0.4, 0.5) is 0 Å². The van der Waals surface area contributed by atoms with Crippen LogP contribution < -0.4 is 11.1 Å². The smallest absolute Gasteiger partial charge is 0.272 e. The lowest BCUT2D eigenvalue weighted by atomic mass is 9.99. The van der Waals surface area contributed by atoms with Gasteiger partial charge >= 0.3 is 0 Å². The number of carbonyl (C=O) groups excluding carboxylic acids is 1. The van der Waals surface area contributed by atoms with Gasteiger partial charge in [-0.2, -0.15) is 10.1 Å². The molecule has 1 amide bonds. The van der Waals surface area contributed by atoms with Crippen LogP contribution in [0.1, 0.15) is 47.9 Å². The Hall–Kier alpha value is -2.45. The van der Waals surface area contributed by atoms with Crippen molar-refractivity contribution < 1.29 is 9.32 Å². The van der Waals surface area contributed by atoms with Gasteiger partial charge in [0, 0.05) is 18.4 Å². The molecule has 26 heavy (non-hydrogen) atoms. The lowest BCUT2D eigenvalue weighted by Crippen LogP contribution is -2.34. The molecule has 0 atom stereocenters. The van der Waals surface area contributed by atoms with E-state index in [-0.39, 0.29) is 18.3 Å². The number of nitrogens with zero attached hydrogens (tertiary/aromatic N) is 3. The minimum absolute atomic E-state index is 0. The fourth-order valence-electron chi connectivity index (χ4n) is 3.29. The van der Waals surface area contributed by atoms with Crippen LogP contribution in [0.5, 0.6) is 0 Å². The van der Waals surface area contributed by atoms with E-state index in [0.717, 1.165) is 36.6 Å². The molecule has 0 aliphatic heterocycles. The van der Waals surface area contributed by atoms with Crippen LogP contribution in [0.2, 0.25) is 0 Å². The highest BCUT2D eigenvalue weighted by Crippen LogP contribution is 2.34.